The number of carbonyl (C=O) groups is 1. The zero-order valence-corrected chi connectivity index (χ0v) is 22.2. The zero-order valence-electron chi connectivity index (χ0n) is 20.7. The first-order valence-corrected chi connectivity index (χ1v) is 12.3. The molecule has 0 atom stereocenters. The number of pyridine rings is 1. The normalized spacial score (nSPS) is 12.5. The predicted molar refractivity (Wildman–Crippen MR) is 145 cm³/mol. The van der Waals surface area contributed by atoms with E-state index in [1.807, 2.05) is 20.8 Å². The lowest BCUT2D eigenvalue weighted by atomic mass is 9.96. The summed E-state index contributed by atoms with van der Waals surface area (Å²) in [5, 5.41) is 16.4. The number of rotatable bonds is 3. The summed E-state index contributed by atoms with van der Waals surface area (Å²) in [5.74, 6) is 0.208. The number of nitrogens with zero attached hydrogens (tertiary/aromatic N) is 4. The summed E-state index contributed by atoms with van der Waals surface area (Å²) in [6.07, 6.45) is 3.14. The van der Waals surface area contributed by atoms with Gasteiger partial charge in [-0.3, -0.25) is 9.78 Å². The van der Waals surface area contributed by atoms with Crippen LogP contribution in [0.2, 0.25) is 10.0 Å². The quantitative estimate of drug-likeness (QED) is 0.334. The Bertz CT molecular complexity index is 1540. The average molecular weight is 538 g/mol. The van der Waals surface area contributed by atoms with Gasteiger partial charge in [0, 0.05) is 63.3 Å². The molecule has 0 fully saturated rings. The lowest BCUT2D eigenvalue weighted by Gasteiger charge is -2.31. The predicted octanol–water partition coefficient (Wildman–Crippen LogP) is 5.96. The molecule has 2 aromatic carbocycles. The Morgan fingerprint density at radius 1 is 1.08 bits per heavy atom. The van der Waals surface area contributed by atoms with Crippen molar-refractivity contribution in [3.63, 3.8) is 0 Å². The fourth-order valence-corrected chi connectivity index (χ4v) is 4.72. The van der Waals surface area contributed by atoms with Gasteiger partial charge in [-0.05, 0) is 51.1 Å². The molecular formula is C27H25Cl2N5O3. The minimum atomic E-state index is -0.431. The van der Waals surface area contributed by atoms with Crippen LogP contribution < -0.4 is 10.5 Å². The van der Waals surface area contributed by atoms with E-state index < -0.39 is 5.54 Å². The second kappa shape index (κ2) is 8.97. The number of amides is 1. The molecule has 0 radical (unpaired) electrons. The van der Waals surface area contributed by atoms with E-state index >= 15 is 0 Å². The van der Waals surface area contributed by atoms with Gasteiger partial charge in [0.1, 0.15) is 18.1 Å². The van der Waals surface area contributed by atoms with Gasteiger partial charge in [0.25, 0.3) is 5.91 Å². The number of hydrogen-bond donors (Lipinski definition) is 2. The Morgan fingerprint density at radius 3 is 2.43 bits per heavy atom. The van der Waals surface area contributed by atoms with Crippen molar-refractivity contribution in [3.8, 4) is 39.6 Å². The van der Waals surface area contributed by atoms with Crippen LogP contribution in [0, 0.1) is 0 Å². The largest absolute Gasteiger partial charge is 0.507 e. The van der Waals surface area contributed by atoms with E-state index in [0.29, 0.717) is 55.1 Å². The molecule has 1 aliphatic heterocycles. The first-order chi connectivity index (χ1) is 17.4. The molecule has 0 saturated carbocycles. The number of nitrogen functional groups attached to an aromatic ring is 1. The van der Waals surface area contributed by atoms with Crippen LogP contribution in [0.4, 0.5) is 5.69 Å². The van der Waals surface area contributed by atoms with Crippen LogP contribution >= 0.6 is 23.2 Å². The van der Waals surface area contributed by atoms with Crippen LogP contribution in [0.1, 0.15) is 36.8 Å². The van der Waals surface area contributed by atoms with Crippen molar-refractivity contribution in [2.75, 3.05) is 12.8 Å². The lowest BCUT2D eigenvalue weighted by Crippen LogP contribution is -2.43. The molecule has 0 bridgehead atoms. The number of nitrogens with two attached hydrogens (primary N) is 1. The molecule has 1 amide bonds. The number of benzene rings is 2. The van der Waals surface area contributed by atoms with Crippen LogP contribution in [-0.4, -0.2) is 43.3 Å². The standard InChI is InChI=1S/C27H25Cl2N5O3/c1-27(2,3)33(4)26(36)24-21-13-37-23-10-22(35)19(14-5-17(30)12-31-11-14)9-20(23)25(21)34(32-24)18-7-15(28)6-16(29)8-18/h5-12,35H,13,30H2,1-4H3. The maximum Gasteiger partial charge on any atom is 0.274 e. The molecule has 8 nitrogen and oxygen atoms in total. The number of ether oxygens (including phenoxy) is 1. The Kier molecular flexibility index (Phi) is 6.04. The number of phenols is 1. The van der Waals surface area contributed by atoms with Crippen molar-refractivity contribution in [2.45, 2.75) is 32.9 Å². The van der Waals surface area contributed by atoms with E-state index in [1.54, 1.807) is 59.2 Å². The minimum absolute atomic E-state index is 0.00947. The molecule has 10 heteroatoms. The summed E-state index contributed by atoms with van der Waals surface area (Å²) in [5.41, 5.74) is 9.85. The van der Waals surface area contributed by atoms with Crippen LogP contribution in [0.15, 0.2) is 48.8 Å². The molecule has 5 rings (SSSR count). The van der Waals surface area contributed by atoms with Gasteiger partial charge in [0.15, 0.2) is 5.69 Å². The fourth-order valence-electron chi connectivity index (χ4n) is 4.21. The van der Waals surface area contributed by atoms with E-state index in [0.717, 1.165) is 0 Å². The first kappa shape index (κ1) is 24.9. The third-order valence-electron chi connectivity index (χ3n) is 6.38. The summed E-state index contributed by atoms with van der Waals surface area (Å²) < 4.78 is 7.67. The topological polar surface area (TPSA) is 106 Å². The number of aromatic hydroxyl groups is 1. The highest BCUT2D eigenvalue weighted by molar-refractivity contribution is 6.34. The molecule has 0 saturated heterocycles. The van der Waals surface area contributed by atoms with E-state index in [2.05, 4.69) is 4.98 Å². The van der Waals surface area contributed by atoms with Crippen LogP contribution in [0.25, 0.3) is 28.1 Å². The van der Waals surface area contributed by atoms with Gasteiger partial charge >= 0.3 is 0 Å². The first-order valence-electron chi connectivity index (χ1n) is 11.5. The highest BCUT2D eigenvalue weighted by Gasteiger charge is 2.34. The van der Waals surface area contributed by atoms with E-state index in [1.165, 1.54) is 6.20 Å². The van der Waals surface area contributed by atoms with Crippen LogP contribution in [-0.2, 0) is 6.61 Å². The monoisotopic (exact) mass is 537 g/mol. The summed E-state index contributed by atoms with van der Waals surface area (Å²) in [4.78, 5) is 19.4. The molecule has 4 aromatic rings. The molecule has 1 aliphatic rings. The van der Waals surface area contributed by atoms with Crippen LogP contribution in [0.5, 0.6) is 11.5 Å². The molecule has 37 heavy (non-hydrogen) atoms. The smallest absolute Gasteiger partial charge is 0.274 e. The molecule has 0 spiro atoms. The highest BCUT2D eigenvalue weighted by atomic mass is 35.5. The molecular weight excluding hydrogens is 513 g/mol. The van der Waals surface area contributed by atoms with E-state index in [4.69, 9.17) is 38.8 Å². The fraction of sp³-hybridized carbons (Fsp3) is 0.222. The van der Waals surface area contributed by atoms with Crippen molar-refractivity contribution in [3.05, 3.63) is 70.1 Å². The van der Waals surface area contributed by atoms with Crippen molar-refractivity contribution in [1.29, 1.82) is 0 Å². The number of fused-ring (bicyclic) bond motifs is 3. The minimum Gasteiger partial charge on any atom is -0.507 e. The number of aromatic nitrogens is 3. The summed E-state index contributed by atoms with van der Waals surface area (Å²) in [6.45, 7) is 5.94. The highest BCUT2D eigenvalue weighted by Crippen LogP contribution is 2.46. The Morgan fingerprint density at radius 2 is 1.78 bits per heavy atom. The SMILES string of the molecule is CN(C(=O)c1nn(-c2cc(Cl)cc(Cl)c2)c2c1COc1cc(O)c(-c3cncc(N)c3)cc1-2)C(C)(C)C. The molecule has 3 N–H and O–H groups in total. The number of carbonyl (C=O) groups excluding carboxylic acids is 1. The number of hydrogen-bond acceptors (Lipinski definition) is 6. The van der Waals surface area contributed by atoms with Gasteiger partial charge < -0.3 is 20.5 Å². The van der Waals surface area contributed by atoms with Crippen molar-refractivity contribution in [1.82, 2.24) is 19.7 Å². The molecule has 190 valence electrons. The van der Waals surface area contributed by atoms with E-state index in [-0.39, 0.29) is 24.0 Å². The molecule has 0 aliphatic carbocycles. The van der Waals surface area contributed by atoms with Gasteiger partial charge in [-0.25, -0.2) is 4.68 Å². The molecule has 3 heterocycles. The third-order valence-corrected chi connectivity index (χ3v) is 6.82. The second-order valence-corrected chi connectivity index (χ2v) is 10.8. The number of anilines is 1. The van der Waals surface area contributed by atoms with Crippen molar-refractivity contribution < 1.29 is 14.6 Å². The summed E-state index contributed by atoms with van der Waals surface area (Å²) >= 11 is 12.7. The maximum absolute atomic E-state index is 13.6. The maximum atomic E-state index is 13.6. The number of phenolic OH excluding ortho intramolecular Hbond substituents is 1. The second-order valence-electron chi connectivity index (χ2n) is 9.91. The van der Waals surface area contributed by atoms with Gasteiger partial charge in [-0.15, -0.1) is 0 Å². The van der Waals surface area contributed by atoms with Crippen LogP contribution in [0.3, 0.4) is 0 Å². The Labute approximate surface area is 224 Å². The Balaban J connectivity index is 1.78. The van der Waals surface area contributed by atoms with E-state index in [9.17, 15) is 9.90 Å². The van der Waals surface area contributed by atoms with Gasteiger partial charge in [0.2, 0.25) is 0 Å². The summed E-state index contributed by atoms with van der Waals surface area (Å²) in [7, 11) is 1.74. The number of halogens is 2. The zero-order chi connectivity index (χ0) is 26.6. The molecule has 0 unspecified atom stereocenters. The third kappa shape index (κ3) is 4.47. The van der Waals surface area contributed by atoms with Gasteiger partial charge in [0.05, 0.1) is 17.1 Å². The lowest BCUT2D eigenvalue weighted by molar-refractivity contribution is 0.0646. The van der Waals surface area contributed by atoms with Crippen molar-refractivity contribution >= 4 is 34.8 Å². The average Bonchev–Trinajstić information content (AvgIpc) is 3.21. The Hall–Kier alpha value is -3.75. The van der Waals surface area contributed by atoms with Crippen molar-refractivity contribution in [2.24, 2.45) is 0 Å². The summed E-state index contributed by atoms with van der Waals surface area (Å²) in [6, 6.07) is 10.1. The van der Waals surface area contributed by atoms with Gasteiger partial charge in [-0.1, -0.05) is 23.2 Å². The van der Waals surface area contributed by atoms with Gasteiger partial charge in [-0.2, -0.15) is 5.10 Å². The molecule has 2 aromatic heterocycles.